The number of rotatable bonds is 5. The van der Waals surface area contributed by atoms with Crippen LogP contribution in [0.4, 0.5) is 0 Å². The average Bonchev–Trinajstić information content (AvgIpc) is 2.57. The van der Waals surface area contributed by atoms with Crippen LogP contribution < -0.4 is 0 Å². The molecule has 1 fully saturated rings. The summed E-state index contributed by atoms with van der Waals surface area (Å²) >= 11 is 0. The Labute approximate surface area is 78.2 Å². The number of hydrogen-bond donors (Lipinski definition) is 0. The Morgan fingerprint density at radius 2 is 2.46 bits per heavy atom. The summed E-state index contributed by atoms with van der Waals surface area (Å²) in [5, 5.41) is 0. The summed E-state index contributed by atoms with van der Waals surface area (Å²) < 4.78 is 15.1. The molecule has 0 aromatic carbocycles. The van der Waals surface area contributed by atoms with Crippen molar-refractivity contribution in [3.63, 3.8) is 0 Å². The normalized spacial score (nSPS) is 21.8. The van der Waals surface area contributed by atoms with Gasteiger partial charge in [-0.1, -0.05) is 0 Å². The summed E-state index contributed by atoms with van der Waals surface area (Å²) in [5.41, 5.74) is 0. The van der Waals surface area contributed by atoms with Crippen molar-refractivity contribution >= 4 is 5.97 Å². The Morgan fingerprint density at radius 3 is 3.08 bits per heavy atom. The van der Waals surface area contributed by atoms with Crippen LogP contribution in [0.3, 0.4) is 0 Å². The highest BCUT2D eigenvalue weighted by molar-refractivity contribution is 5.70. The van der Waals surface area contributed by atoms with E-state index in [1.54, 1.807) is 6.92 Å². The van der Waals surface area contributed by atoms with Gasteiger partial charge in [0, 0.05) is 12.5 Å². The first-order valence-corrected chi connectivity index (χ1v) is 4.64. The fourth-order valence-electron chi connectivity index (χ4n) is 1.23. The lowest BCUT2D eigenvalue weighted by atomic mass is 10.1. The van der Waals surface area contributed by atoms with Gasteiger partial charge in [-0.05, 0) is 13.3 Å². The number of esters is 1. The Kier molecular flexibility index (Phi) is 4.78. The fraction of sp³-hybridized carbons (Fsp3) is 0.889. The van der Waals surface area contributed by atoms with Gasteiger partial charge in [-0.25, -0.2) is 4.79 Å². The molecule has 4 nitrogen and oxygen atoms in total. The molecule has 0 aliphatic carbocycles. The third-order valence-electron chi connectivity index (χ3n) is 1.90. The molecule has 1 aliphatic rings. The molecule has 1 saturated heterocycles. The van der Waals surface area contributed by atoms with Crippen LogP contribution in [-0.4, -0.2) is 39.0 Å². The molecule has 0 amide bonds. The molecule has 76 valence electrons. The van der Waals surface area contributed by atoms with Crippen molar-refractivity contribution in [1.82, 2.24) is 0 Å². The van der Waals surface area contributed by atoms with Gasteiger partial charge >= 0.3 is 5.97 Å². The van der Waals surface area contributed by atoms with Gasteiger partial charge in [0.1, 0.15) is 6.61 Å². The largest absolute Gasteiger partial charge is 0.464 e. The second-order valence-corrected chi connectivity index (χ2v) is 3.05. The highest BCUT2D eigenvalue weighted by atomic mass is 16.6. The van der Waals surface area contributed by atoms with Gasteiger partial charge in [-0.3, -0.25) is 0 Å². The second-order valence-electron chi connectivity index (χ2n) is 3.05. The molecular formula is C9H16O4. The first-order chi connectivity index (χ1) is 6.33. The first-order valence-electron chi connectivity index (χ1n) is 4.64. The maximum absolute atomic E-state index is 10.8. The Morgan fingerprint density at radius 1 is 1.62 bits per heavy atom. The van der Waals surface area contributed by atoms with E-state index in [1.807, 2.05) is 0 Å². The SMILES string of the molecule is CCOC(=O)COC[C@H]1CCOC1. The molecule has 0 spiro atoms. The molecular weight excluding hydrogens is 172 g/mol. The Balaban J connectivity index is 1.96. The van der Waals surface area contributed by atoms with Gasteiger partial charge < -0.3 is 14.2 Å². The quantitative estimate of drug-likeness (QED) is 0.593. The van der Waals surface area contributed by atoms with Crippen LogP contribution in [0.15, 0.2) is 0 Å². The average molecular weight is 188 g/mol. The topological polar surface area (TPSA) is 44.8 Å². The lowest BCUT2D eigenvalue weighted by Crippen LogP contribution is -2.16. The van der Waals surface area contributed by atoms with Crippen molar-refractivity contribution in [2.24, 2.45) is 5.92 Å². The minimum atomic E-state index is -0.290. The standard InChI is InChI=1S/C9H16O4/c1-2-13-9(10)7-12-6-8-3-4-11-5-8/h8H,2-7H2,1H3/t8-/m0/s1. The molecule has 0 saturated carbocycles. The highest BCUT2D eigenvalue weighted by Gasteiger charge is 2.16. The van der Waals surface area contributed by atoms with E-state index in [2.05, 4.69) is 0 Å². The molecule has 0 aromatic heterocycles. The molecule has 0 bridgehead atoms. The van der Waals surface area contributed by atoms with Gasteiger partial charge in [0.2, 0.25) is 0 Å². The van der Waals surface area contributed by atoms with Gasteiger partial charge in [0.05, 0.1) is 19.8 Å². The van der Waals surface area contributed by atoms with Crippen molar-refractivity contribution in [2.45, 2.75) is 13.3 Å². The van der Waals surface area contributed by atoms with Gasteiger partial charge in [0.15, 0.2) is 0 Å². The van der Waals surface area contributed by atoms with Gasteiger partial charge in [-0.2, -0.15) is 0 Å². The van der Waals surface area contributed by atoms with E-state index in [0.717, 1.165) is 19.6 Å². The zero-order valence-electron chi connectivity index (χ0n) is 7.95. The fourth-order valence-corrected chi connectivity index (χ4v) is 1.23. The summed E-state index contributed by atoms with van der Waals surface area (Å²) in [4.78, 5) is 10.8. The van der Waals surface area contributed by atoms with Crippen molar-refractivity contribution in [1.29, 1.82) is 0 Å². The Hall–Kier alpha value is -0.610. The number of carbonyl (C=O) groups is 1. The van der Waals surface area contributed by atoms with Gasteiger partial charge in [-0.15, -0.1) is 0 Å². The van der Waals surface area contributed by atoms with Crippen LogP contribution in [0, 0.1) is 5.92 Å². The summed E-state index contributed by atoms with van der Waals surface area (Å²) in [6, 6.07) is 0. The van der Waals surface area contributed by atoms with E-state index in [0.29, 0.717) is 19.1 Å². The smallest absolute Gasteiger partial charge is 0.332 e. The molecule has 4 heteroatoms. The van der Waals surface area contributed by atoms with Crippen LogP contribution in [0.1, 0.15) is 13.3 Å². The zero-order chi connectivity index (χ0) is 9.52. The highest BCUT2D eigenvalue weighted by Crippen LogP contribution is 2.11. The molecule has 13 heavy (non-hydrogen) atoms. The maximum Gasteiger partial charge on any atom is 0.332 e. The van der Waals surface area contributed by atoms with Crippen molar-refractivity contribution < 1.29 is 19.0 Å². The lowest BCUT2D eigenvalue weighted by Gasteiger charge is -2.07. The molecule has 0 radical (unpaired) electrons. The first kappa shape index (κ1) is 10.5. The molecule has 1 rings (SSSR count). The van der Waals surface area contributed by atoms with Gasteiger partial charge in [0.25, 0.3) is 0 Å². The summed E-state index contributed by atoms with van der Waals surface area (Å²) in [6.07, 6.45) is 1.03. The maximum atomic E-state index is 10.8. The van der Waals surface area contributed by atoms with Crippen molar-refractivity contribution in [3.8, 4) is 0 Å². The minimum Gasteiger partial charge on any atom is -0.464 e. The number of ether oxygens (including phenoxy) is 3. The predicted octanol–water partition coefficient (Wildman–Crippen LogP) is 0.603. The van der Waals surface area contributed by atoms with Crippen LogP contribution >= 0.6 is 0 Å². The molecule has 0 N–H and O–H groups in total. The third kappa shape index (κ3) is 4.24. The third-order valence-corrected chi connectivity index (χ3v) is 1.90. The monoisotopic (exact) mass is 188 g/mol. The minimum absolute atomic E-state index is 0.0599. The molecule has 1 heterocycles. The summed E-state index contributed by atoms with van der Waals surface area (Å²) in [7, 11) is 0. The number of carbonyl (C=O) groups excluding carboxylic acids is 1. The van der Waals surface area contributed by atoms with Crippen LogP contribution in [0.25, 0.3) is 0 Å². The predicted molar refractivity (Wildman–Crippen MR) is 46.4 cm³/mol. The van der Waals surface area contributed by atoms with E-state index in [9.17, 15) is 4.79 Å². The van der Waals surface area contributed by atoms with E-state index < -0.39 is 0 Å². The second kappa shape index (κ2) is 5.94. The molecule has 1 atom stereocenters. The summed E-state index contributed by atoms with van der Waals surface area (Å²) in [5.74, 6) is 0.163. The van der Waals surface area contributed by atoms with E-state index in [1.165, 1.54) is 0 Å². The molecule has 1 aliphatic heterocycles. The van der Waals surface area contributed by atoms with Crippen LogP contribution in [0.5, 0.6) is 0 Å². The number of hydrogen-bond acceptors (Lipinski definition) is 4. The lowest BCUT2D eigenvalue weighted by molar-refractivity contribution is -0.148. The molecule has 0 unspecified atom stereocenters. The molecule has 0 aromatic rings. The van der Waals surface area contributed by atoms with E-state index in [-0.39, 0.29) is 12.6 Å². The Bertz CT molecular complexity index is 152. The van der Waals surface area contributed by atoms with E-state index in [4.69, 9.17) is 14.2 Å². The van der Waals surface area contributed by atoms with Crippen molar-refractivity contribution in [2.75, 3.05) is 33.0 Å². The van der Waals surface area contributed by atoms with E-state index >= 15 is 0 Å². The summed E-state index contributed by atoms with van der Waals surface area (Å²) in [6.45, 7) is 4.41. The van der Waals surface area contributed by atoms with Crippen LogP contribution in [0.2, 0.25) is 0 Å². The zero-order valence-corrected chi connectivity index (χ0v) is 7.95. The van der Waals surface area contributed by atoms with Crippen LogP contribution in [-0.2, 0) is 19.0 Å². The van der Waals surface area contributed by atoms with Crippen molar-refractivity contribution in [3.05, 3.63) is 0 Å².